The van der Waals surface area contributed by atoms with Crippen molar-refractivity contribution in [3.8, 4) is 0 Å². The second kappa shape index (κ2) is 5.04. The first-order valence-electron chi connectivity index (χ1n) is 5.67. The van der Waals surface area contributed by atoms with E-state index in [1.807, 2.05) is 6.92 Å². The molecule has 2 rings (SSSR count). The Morgan fingerprint density at radius 2 is 2.25 bits per heavy atom. The number of hydrogen-bond acceptors (Lipinski definition) is 2. The third-order valence-corrected chi connectivity index (χ3v) is 4.09. The average molecular weight is 286 g/mol. The largest absolute Gasteiger partial charge is 0.469 e. The smallest absolute Gasteiger partial charge is 0.254 e. The Kier molecular flexibility index (Phi) is 3.69. The van der Waals surface area contributed by atoms with Crippen molar-refractivity contribution in [3.05, 3.63) is 23.7 Å². The normalized spacial score (nSPS) is 25.4. The zero-order valence-corrected chi connectivity index (χ0v) is 10.9. The maximum atomic E-state index is 11.9. The SMILES string of the molecule is Cc1cc(C(=O)NC2CCCCC2Br)co1. The van der Waals surface area contributed by atoms with E-state index < -0.39 is 0 Å². The first kappa shape index (κ1) is 11.7. The van der Waals surface area contributed by atoms with Gasteiger partial charge in [-0.25, -0.2) is 0 Å². The van der Waals surface area contributed by atoms with Crippen LogP contribution in [-0.2, 0) is 0 Å². The lowest BCUT2D eigenvalue weighted by Crippen LogP contribution is -2.42. The van der Waals surface area contributed by atoms with Crippen LogP contribution in [0.4, 0.5) is 0 Å². The van der Waals surface area contributed by atoms with Crippen LogP contribution in [0.15, 0.2) is 16.7 Å². The summed E-state index contributed by atoms with van der Waals surface area (Å²) < 4.78 is 5.13. The number of carbonyl (C=O) groups is 1. The molecule has 0 aromatic carbocycles. The molecule has 1 aromatic rings. The topological polar surface area (TPSA) is 42.2 Å². The third kappa shape index (κ3) is 2.67. The second-order valence-corrected chi connectivity index (χ2v) is 5.50. The fourth-order valence-corrected chi connectivity index (χ4v) is 2.78. The molecule has 4 heteroatoms. The molecule has 1 fully saturated rings. The highest BCUT2D eigenvalue weighted by Crippen LogP contribution is 2.24. The molecule has 0 radical (unpaired) electrons. The summed E-state index contributed by atoms with van der Waals surface area (Å²) >= 11 is 3.62. The summed E-state index contributed by atoms with van der Waals surface area (Å²) in [5.41, 5.74) is 0.614. The van der Waals surface area contributed by atoms with Gasteiger partial charge in [0.05, 0.1) is 5.56 Å². The first-order chi connectivity index (χ1) is 7.66. The van der Waals surface area contributed by atoms with Crippen molar-refractivity contribution in [3.63, 3.8) is 0 Å². The summed E-state index contributed by atoms with van der Waals surface area (Å²) in [6.07, 6.45) is 6.13. The van der Waals surface area contributed by atoms with Gasteiger partial charge in [-0.2, -0.15) is 0 Å². The van der Waals surface area contributed by atoms with Crippen LogP contribution < -0.4 is 5.32 Å². The van der Waals surface area contributed by atoms with Crippen LogP contribution in [0.1, 0.15) is 41.8 Å². The standard InChI is InChI=1S/C12H16BrNO2/c1-8-6-9(7-16-8)12(15)14-11-5-3-2-4-10(11)13/h6-7,10-11H,2-5H2,1H3,(H,14,15). The number of aryl methyl sites for hydroxylation is 1. The highest BCUT2D eigenvalue weighted by molar-refractivity contribution is 9.09. The third-order valence-electron chi connectivity index (χ3n) is 2.99. The first-order valence-corrected chi connectivity index (χ1v) is 6.58. The minimum atomic E-state index is -0.0341. The molecule has 1 N–H and O–H groups in total. The van der Waals surface area contributed by atoms with Crippen LogP contribution in [0.3, 0.4) is 0 Å². The molecule has 16 heavy (non-hydrogen) atoms. The van der Waals surface area contributed by atoms with Crippen LogP contribution in [0.5, 0.6) is 0 Å². The molecule has 0 saturated heterocycles. The van der Waals surface area contributed by atoms with Gasteiger partial charge in [-0.15, -0.1) is 0 Å². The lowest BCUT2D eigenvalue weighted by atomic mass is 9.95. The Morgan fingerprint density at radius 1 is 1.50 bits per heavy atom. The molecule has 3 nitrogen and oxygen atoms in total. The van der Waals surface area contributed by atoms with E-state index in [0.29, 0.717) is 10.4 Å². The number of amides is 1. The molecular formula is C12H16BrNO2. The number of halogens is 1. The number of rotatable bonds is 2. The molecule has 0 bridgehead atoms. The highest BCUT2D eigenvalue weighted by atomic mass is 79.9. The number of furan rings is 1. The van der Waals surface area contributed by atoms with E-state index in [1.54, 1.807) is 6.07 Å². The number of carbonyl (C=O) groups excluding carboxylic acids is 1. The molecule has 88 valence electrons. The van der Waals surface area contributed by atoms with Gasteiger partial charge in [0, 0.05) is 10.9 Å². The molecule has 2 atom stereocenters. The van der Waals surface area contributed by atoms with Gasteiger partial charge in [0.2, 0.25) is 0 Å². The molecule has 1 amide bonds. The lowest BCUT2D eigenvalue weighted by Gasteiger charge is -2.27. The fourth-order valence-electron chi connectivity index (χ4n) is 2.06. The van der Waals surface area contributed by atoms with E-state index >= 15 is 0 Å². The van der Waals surface area contributed by atoms with E-state index in [4.69, 9.17) is 4.42 Å². The fraction of sp³-hybridized carbons (Fsp3) is 0.583. The van der Waals surface area contributed by atoms with Crippen molar-refractivity contribution in [1.82, 2.24) is 5.32 Å². The molecule has 0 aliphatic heterocycles. The van der Waals surface area contributed by atoms with E-state index in [2.05, 4.69) is 21.2 Å². The zero-order valence-electron chi connectivity index (χ0n) is 9.33. The Labute approximate surface area is 104 Å². The molecule has 1 aliphatic rings. The predicted octanol–water partition coefficient (Wildman–Crippen LogP) is 3.02. The predicted molar refractivity (Wildman–Crippen MR) is 65.9 cm³/mol. The monoisotopic (exact) mass is 285 g/mol. The van der Waals surface area contributed by atoms with Gasteiger partial charge >= 0.3 is 0 Å². The van der Waals surface area contributed by atoms with Crippen LogP contribution in [0.2, 0.25) is 0 Å². The lowest BCUT2D eigenvalue weighted by molar-refractivity contribution is 0.0929. The van der Waals surface area contributed by atoms with E-state index in [-0.39, 0.29) is 11.9 Å². The molecular weight excluding hydrogens is 270 g/mol. The molecule has 1 saturated carbocycles. The van der Waals surface area contributed by atoms with Crippen molar-refractivity contribution in [1.29, 1.82) is 0 Å². The summed E-state index contributed by atoms with van der Waals surface area (Å²) in [5.74, 6) is 0.734. The van der Waals surface area contributed by atoms with Crippen molar-refractivity contribution < 1.29 is 9.21 Å². The molecule has 0 spiro atoms. The van der Waals surface area contributed by atoms with Crippen molar-refractivity contribution in [2.75, 3.05) is 0 Å². The molecule has 1 aliphatic carbocycles. The molecule has 2 unspecified atom stereocenters. The Balaban J connectivity index is 1.96. The zero-order chi connectivity index (χ0) is 11.5. The maximum absolute atomic E-state index is 11.9. The Hall–Kier alpha value is -0.770. The number of hydrogen-bond donors (Lipinski definition) is 1. The average Bonchev–Trinajstić information content (AvgIpc) is 2.68. The summed E-state index contributed by atoms with van der Waals surface area (Å²) in [6.45, 7) is 1.84. The Bertz CT molecular complexity index is 375. The van der Waals surface area contributed by atoms with Crippen molar-refractivity contribution in [2.45, 2.75) is 43.5 Å². The highest BCUT2D eigenvalue weighted by Gasteiger charge is 2.24. The second-order valence-electron chi connectivity index (χ2n) is 4.33. The summed E-state index contributed by atoms with van der Waals surface area (Å²) in [5, 5.41) is 3.05. The number of nitrogens with one attached hydrogen (secondary N) is 1. The van der Waals surface area contributed by atoms with E-state index in [9.17, 15) is 4.79 Å². The number of alkyl halides is 1. The van der Waals surface area contributed by atoms with Crippen LogP contribution in [0, 0.1) is 6.92 Å². The molecule has 1 heterocycles. The van der Waals surface area contributed by atoms with E-state index in [0.717, 1.165) is 18.6 Å². The Morgan fingerprint density at radius 3 is 2.88 bits per heavy atom. The van der Waals surface area contributed by atoms with Gasteiger partial charge in [0.25, 0.3) is 5.91 Å². The minimum absolute atomic E-state index is 0.0341. The maximum Gasteiger partial charge on any atom is 0.254 e. The molecule has 1 aromatic heterocycles. The summed E-state index contributed by atoms with van der Waals surface area (Å²) in [7, 11) is 0. The van der Waals surface area contributed by atoms with E-state index in [1.165, 1.54) is 19.1 Å². The van der Waals surface area contributed by atoms with Crippen molar-refractivity contribution in [2.24, 2.45) is 0 Å². The van der Waals surface area contributed by atoms with Gasteiger partial charge in [-0.3, -0.25) is 4.79 Å². The van der Waals surface area contributed by atoms with Gasteiger partial charge < -0.3 is 9.73 Å². The summed E-state index contributed by atoms with van der Waals surface area (Å²) in [4.78, 5) is 12.3. The van der Waals surface area contributed by atoms with Crippen molar-refractivity contribution >= 4 is 21.8 Å². The van der Waals surface area contributed by atoms with Crippen LogP contribution in [0.25, 0.3) is 0 Å². The van der Waals surface area contributed by atoms with Crippen LogP contribution in [-0.4, -0.2) is 16.8 Å². The van der Waals surface area contributed by atoms with Crippen LogP contribution >= 0.6 is 15.9 Å². The van der Waals surface area contributed by atoms with Gasteiger partial charge in [-0.1, -0.05) is 28.8 Å². The van der Waals surface area contributed by atoms with Gasteiger partial charge in [0.1, 0.15) is 12.0 Å². The quantitative estimate of drug-likeness (QED) is 0.849. The summed E-state index contributed by atoms with van der Waals surface area (Å²) in [6, 6.07) is 2.01. The van der Waals surface area contributed by atoms with Gasteiger partial charge in [-0.05, 0) is 25.8 Å². The minimum Gasteiger partial charge on any atom is -0.469 e. The van der Waals surface area contributed by atoms with Gasteiger partial charge in [0.15, 0.2) is 0 Å².